The molecule has 2 aliphatic rings. The number of aryl methyl sites for hydroxylation is 1. The van der Waals surface area contributed by atoms with E-state index in [0.717, 1.165) is 66.6 Å². The summed E-state index contributed by atoms with van der Waals surface area (Å²) >= 11 is 13.2. The van der Waals surface area contributed by atoms with E-state index in [1.54, 1.807) is 13.0 Å². The van der Waals surface area contributed by atoms with Gasteiger partial charge in [-0.05, 0) is 32.6 Å². The average Bonchev–Trinajstić information content (AvgIpc) is 3.48. The number of aromatic nitrogens is 3. The Morgan fingerprint density at radius 2 is 2.19 bits per heavy atom. The second-order valence-corrected chi connectivity index (χ2v) is 9.10. The summed E-state index contributed by atoms with van der Waals surface area (Å²) in [6, 6.07) is 1.64. The van der Waals surface area contributed by atoms with Crippen molar-refractivity contribution in [3.8, 4) is 16.9 Å². The maximum atomic E-state index is 11.9. The first-order valence-corrected chi connectivity index (χ1v) is 11.8. The second-order valence-electron chi connectivity index (χ2n) is 8.31. The van der Waals surface area contributed by atoms with Gasteiger partial charge in [-0.15, -0.1) is 0 Å². The molecule has 4 heterocycles. The Kier molecular flexibility index (Phi) is 5.82. The largest absolute Gasteiger partial charge is 0.493 e. The number of amides is 1. The molecule has 7 nitrogen and oxygen atoms in total. The minimum Gasteiger partial charge on any atom is -0.493 e. The lowest BCUT2D eigenvalue weighted by atomic mass is 10.00. The first-order valence-electron chi connectivity index (χ1n) is 11.1. The highest BCUT2D eigenvalue weighted by molar-refractivity contribution is 6.45. The van der Waals surface area contributed by atoms with Crippen LogP contribution in [0.3, 0.4) is 0 Å². The van der Waals surface area contributed by atoms with E-state index in [-0.39, 0.29) is 18.2 Å². The molecule has 0 bridgehead atoms. The van der Waals surface area contributed by atoms with Crippen LogP contribution in [0.1, 0.15) is 57.5 Å². The zero-order valence-corrected chi connectivity index (χ0v) is 19.7. The third-order valence-corrected chi connectivity index (χ3v) is 6.99. The number of carbonyl (C=O) groups excluding carboxylic acids is 1. The summed E-state index contributed by atoms with van der Waals surface area (Å²) in [5.74, 6) is 0.608. The Morgan fingerprint density at radius 1 is 1.34 bits per heavy atom. The van der Waals surface area contributed by atoms with Gasteiger partial charge >= 0.3 is 0 Å². The standard InChI is InChI=1S/C23H26Cl2N4O3/c1-3-31-17-10-15(24)21(25)23-20(17)19(22-16(27-13(2)30)7-8-28(22)23)14-11-26-29(12-14)18-6-4-5-9-32-18/h10-12,16,18H,3-9H2,1-2H3,(H,27,30)/t16-,18?/m0/s1. The lowest BCUT2D eigenvalue weighted by Crippen LogP contribution is -2.24. The number of rotatable bonds is 5. The Hall–Kier alpha value is -2.22. The van der Waals surface area contributed by atoms with E-state index in [4.69, 9.17) is 32.7 Å². The molecule has 2 atom stereocenters. The topological polar surface area (TPSA) is 70.3 Å². The van der Waals surface area contributed by atoms with E-state index in [2.05, 4.69) is 15.0 Å². The van der Waals surface area contributed by atoms with Gasteiger partial charge < -0.3 is 19.4 Å². The second kappa shape index (κ2) is 8.61. The molecule has 1 N–H and O–H groups in total. The molecule has 0 aliphatic carbocycles. The molecule has 1 unspecified atom stereocenters. The fourth-order valence-corrected chi connectivity index (χ4v) is 5.40. The van der Waals surface area contributed by atoms with Gasteiger partial charge in [-0.1, -0.05) is 23.2 Å². The minimum atomic E-state index is -0.131. The predicted molar refractivity (Wildman–Crippen MR) is 124 cm³/mol. The molecular weight excluding hydrogens is 451 g/mol. The number of fused-ring (bicyclic) bond motifs is 3. The number of nitrogens with one attached hydrogen (secondary N) is 1. The molecule has 0 radical (unpaired) electrons. The fraction of sp³-hybridized carbons (Fsp3) is 0.478. The Bertz CT molecular complexity index is 1180. The van der Waals surface area contributed by atoms with E-state index >= 15 is 0 Å². The van der Waals surface area contributed by atoms with Crippen LogP contribution >= 0.6 is 23.2 Å². The van der Waals surface area contributed by atoms with Gasteiger partial charge in [0, 0.05) is 49.2 Å². The molecule has 9 heteroatoms. The number of ether oxygens (including phenoxy) is 2. The summed E-state index contributed by atoms with van der Waals surface area (Å²) in [7, 11) is 0. The van der Waals surface area contributed by atoms with Crippen LogP contribution < -0.4 is 10.1 Å². The number of hydrogen-bond donors (Lipinski definition) is 1. The summed E-state index contributed by atoms with van der Waals surface area (Å²) in [4.78, 5) is 11.9. The predicted octanol–water partition coefficient (Wildman–Crippen LogP) is 5.49. The van der Waals surface area contributed by atoms with Crippen molar-refractivity contribution in [3.05, 3.63) is 34.2 Å². The highest BCUT2D eigenvalue weighted by atomic mass is 35.5. The number of halogens is 2. The Morgan fingerprint density at radius 3 is 2.91 bits per heavy atom. The van der Waals surface area contributed by atoms with Crippen molar-refractivity contribution in [2.75, 3.05) is 13.2 Å². The van der Waals surface area contributed by atoms with E-state index in [1.807, 2.05) is 24.0 Å². The molecule has 2 aliphatic heterocycles. The lowest BCUT2D eigenvalue weighted by Gasteiger charge is -2.22. The van der Waals surface area contributed by atoms with Crippen LogP contribution in [0.4, 0.5) is 0 Å². The van der Waals surface area contributed by atoms with Gasteiger partial charge in [0.15, 0.2) is 0 Å². The van der Waals surface area contributed by atoms with Crippen LogP contribution in [0, 0.1) is 0 Å². The van der Waals surface area contributed by atoms with Crippen molar-refractivity contribution in [3.63, 3.8) is 0 Å². The van der Waals surface area contributed by atoms with E-state index in [1.165, 1.54) is 0 Å². The van der Waals surface area contributed by atoms with Crippen LogP contribution in [0.15, 0.2) is 18.5 Å². The SMILES string of the molecule is CCOc1cc(Cl)c(Cl)c2c1c(-c1cnn(C3CCCCO3)c1)c1n2CC[C@@H]1NC(C)=O. The molecule has 0 spiro atoms. The summed E-state index contributed by atoms with van der Waals surface area (Å²) in [6.45, 7) is 5.45. The monoisotopic (exact) mass is 476 g/mol. The molecule has 1 fully saturated rings. The van der Waals surface area contributed by atoms with Gasteiger partial charge in [-0.25, -0.2) is 4.68 Å². The van der Waals surface area contributed by atoms with Gasteiger partial charge in [0.1, 0.15) is 12.0 Å². The first-order chi connectivity index (χ1) is 15.5. The maximum Gasteiger partial charge on any atom is 0.217 e. The van der Waals surface area contributed by atoms with Gasteiger partial charge in [-0.3, -0.25) is 4.79 Å². The molecule has 170 valence electrons. The molecule has 0 saturated carbocycles. The van der Waals surface area contributed by atoms with Crippen molar-refractivity contribution in [1.29, 1.82) is 0 Å². The molecule has 1 saturated heterocycles. The quantitative estimate of drug-likeness (QED) is 0.528. The molecule has 1 amide bonds. The first kappa shape index (κ1) is 21.6. The normalized spacial score (nSPS) is 20.5. The van der Waals surface area contributed by atoms with Gasteiger partial charge in [-0.2, -0.15) is 5.10 Å². The van der Waals surface area contributed by atoms with Gasteiger partial charge in [0.2, 0.25) is 5.91 Å². The minimum absolute atomic E-state index is 0.0602. The Labute approximate surface area is 196 Å². The van der Waals surface area contributed by atoms with Gasteiger partial charge in [0.05, 0.1) is 39.8 Å². The van der Waals surface area contributed by atoms with Crippen molar-refractivity contribution in [2.24, 2.45) is 0 Å². The molecule has 1 aromatic carbocycles. The molecule has 3 aromatic rings. The highest BCUT2D eigenvalue weighted by Crippen LogP contribution is 2.50. The summed E-state index contributed by atoms with van der Waals surface area (Å²) in [6.07, 6.45) is 7.74. The van der Waals surface area contributed by atoms with Crippen LogP contribution in [0.25, 0.3) is 22.0 Å². The molecular formula is C23H26Cl2N4O3. The van der Waals surface area contributed by atoms with Crippen molar-refractivity contribution in [1.82, 2.24) is 19.7 Å². The molecule has 2 aromatic heterocycles. The fourth-order valence-electron chi connectivity index (χ4n) is 4.96. The van der Waals surface area contributed by atoms with E-state index in [0.29, 0.717) is 22.4 Å². The average molecular weight is 477 g/mol. The van der Waals surface area contributed by atoms with Crippen LogP contribution in [0.2, 0.25) is 10.0 Å². The van der Waals surface area contributed by atoms with Crippen LogP contribution in [-0.4, -0.2) is 33.5 Å². The zero-order valence-electron chi connectivity index (χ0n) is 18.2. The maximum absolute atomic E-state index is 11.9. The zero-order chi connectivity index (χ0) is 22.4. The van der Waals surface area contributed by atoms with Crippen LogP contribution in [0.5, 0.6) is 5.75 Å². The number of carbonyl (C=O) groups is 1. The van der Waals surface area contributed by atoms with Crippen molar-refractivity contribution >= 4 is 40.0 Å². The molecule has 5 rings (SSSR count). The summed E-state index contributed by atoms with van der Waals surface area (Å²) in [5, 5.41) is 9.56. The summed E-state index contributed by atoms with van der Waals surface area (Å²) in [5.41, 5.74) is 3.75. The van der Waals surface area contributed by atoms with Crippen LogP contribution in [-0.2, 0) is 16.1 Å². The number of benzene rings is 1. The molecule has 32 heavy (non-hydrogen) atoms. The number of hydrogen-bond acceptors (Lipinski definition) is 4. The van der Waals surface area contributed by atoms with Gasteiger partial charge in [0.25, 0.3) is 0 Å². The lowest BCUT2D eigenvalue weighted by molar-refractivity contribution is -0.119. The highest BCUT2D eigenvalue weighted by Gasteiger charge is 2.34. The third-order valence-electron chi connectivity index (χ3n) is 6.22. The summed E-state index contributed by atoms with van der Waals surface area (Å²) < 4.78 is 16.0. The van der Waals surface area contributed by atoms with Crippen molar-refractivity contribution < 1.29 is 14.3 Å². The van der Waals surface area contributed by atoms with E-state index < -0.39 is 0 Å². The Balaban J connectivity index is 1.74. The van der Waals surface area contributed by atoms with E-state index in [9.17, 15) is 4.79 Å². The smallest absolute Gasteiger partial charge is 0.217 e. The van der Waals surface area contributed by atoms with Crippen molar-refractivity contribution in [2.45, 2.75) is 58.3 Å². The number of nitrogens with zero attached hydrogens (tertiary/aromatic N) is 3. The third kappa shape index (κ3) is 3.56.